The summed E-state index contributed by atoms with van der Waals surface area (Å²) in [7, 11) is 0. The first-order chi connectivity index (χ1) is 30.4. The van der Waals surface area contributed by atoms with Gasteiger partial charge in [0, 0.05) is 5.41 Å². The molecule has 24 atom stereocenters. The van der Waals surface area contributed by atoms with Gasteiger partial charge in [-0.2, -0.15) is 0 Å². The van der Waals surface area contributed by atoms with Crippen LogP contribution in [0.15, 0.2) is 11.6 Å². The van der Waals surface area contributed by atoms with Gasteiger partial charge in [0.05, 0.1) is 44.7 Å². The molecule has 5 aliphatic carbocycles. The molecule has 4 saturated carbocycles. The maximum atomic E-state index is 15.5. The Morgan fingerprint density at radius 1 is 0.692 bits per heavy atom. The molecule has 0 unspecified atom stereocenters. The second-order valence-electron chi connectivity index (χ2n) is 22.6. The lowest BCUT2D eigenvalue weighted by molar-refractivity contribution is -0.370. The van der Waals surface area contributed by atoms with Crippen LogP contribution in [0.5, 0.6) is 0 Å². The van der Waals surface area contributed by atoms with Crippen molar-refractivity contribution < 1.29 is 94.5 Å². The third-order valence-electron chi connectivity index (χ3n) is 18.7. The Hall–Kier alpha value is -1.47. The van der Waals surface area contributed by atoms with E-state index in [-0.39, 0.29) is 36.7 Å². The highest BCUT2D eigenvalue weighted by Crippen LogP contribution is 2.76. The van der Waals surface area contributed by atoms with Gasteiger partial charge in [0.2, 0.25) is 6.29 Å². The van der Waals surface area contributed by atoms with Gasteiger partial charge < -0.3 is 89.7 Å². The number of hydrogen-bond donors (Lipinski definition) is 12. The summed E-state index contributed by atoms with van der Waals surface area (Å²) in [5.74, 6) is -1.67. The summed E-state index contributed by atoms with van der Waals surface area (Å²) in [6.45, 7) is 10.4. The summed E-state index contributed by atoms with van der Waals surface area (Å²) in [5, 5.41) is 130. The van der Waals surface area contributed by atoms with E-state index in [9.17, 15) is 61.3 Å². The quantitative estimate of drug-likeness (QED) is 0.0909. The average Bonchev–Trinajstić information content (AvgIpc) is 3.52. The van der Waals surface area contributed by atoms with Crippen molar-refractivity contribution in [2.75, 3.05) is 26.4 Å². The molecule has 0 radical (unpaired) electrons. The largest absolute Gasteiger partial charge is 0.432 e. The molecule has 19 heteroatoms. The number of allylic oxidation sites excluding steroid dienone is 2. The Kier molecular flexibility index (Phi) is 13.4. The van der Waals surface area contributed by atoms with E-state index in [0.29, 0.717) is 38.5 Å². The molecule has 3 heterocycles. The van der Waals surface area contributed by atoms with Crippen molar-refractivity contribution in [3.05, 3.63) is 11.6 Å². The van der Waals surface area contributed by atoms with Crippen LogP contribution in [0.1, 0.15) is 92.9 Å². The zero-order valence-corrected chi connectivity index (χ0v) is 38.3. The van der Waals surface area contributed by atoms with Crippen LogP contribution in [0, 0.1) is 50.2 Å². The predicted octanol–water partition coefficient (Wildman–Crippen LogP) is -1.67. The van der Waals surface area contributed by atoms with E-state index in [1.54, 1.807) is 0 Å². The van der Waals surface area contributed by atoms with Gasteiger partial charge in [-0.15, -0.1) is 0 Å². The molecule has 0 aromatic carbocycles. The second-order valence-corrected chi connectivity index (χ2v) is 22.6. The summed E-state index contributed by atoms with van der Waals surface area (Å²) in [4.78, 5) is 15.5. The minimum Gasteiger partial charge on any atom is -0.432 e. The fourth-order valence-corrected chi connectivity index (χ4v) is 14.7. The molecule has 3 saturated heterocycles. The maximum absolute atomic E-state index is 15.5. The number of fused-ring (bicyclic) bond motifs is 7. The normalized spacial score (nSPS) is 55.2. The number of ether oxygens (including phenoxy) is 6. The van der Waals surface area contributed by atoms with Gasteiger partial charge in [-0.25, -0.2) is 0 Å². The van der Waals surface area contributed by atoms with Gasteiger partial charge in [0.1, 0.15) is 66.5 Å². The van der Waals surface area contributed by atoms with Gasteiger partial charge in [0.25, 0.3) is 0 Å². The SMILES string of the molecule is CC1(C)CC[C@]2(C(=O)O[C@@H]3O[C@H](CO)[C@@H](O)[C@@H]3O)[C@H](O[C@@H]3O[C@H](CO)[C@@H](O)[C@H](O)[C@H]3O[C@@H]3OC[C@@H](O)[C@@H](O)[C@@H]3O)C[C@]3(C)C(=CC[C@@H]4[C@@]5(C)C[C@H](O)[C@H](O)[C@@](C)(CO)[C@@H]5CC[C@]43C)[C@@H]2C1. The fourth-order valence-electron chi connectivity index (χ4n) is 14.7. The summed E-state index contributed by atoms with van der Waals surface area (Å²) in [6, 6.07) is 0. The van der Waals surface area contributed by atoms with Gasteiger partial charge in [-0.1, -0.05) is 53.2 Å². The van der Waals surface area contributed by atoms with E-state index >= 15 is 4.79 Å². The summed E-state index contributed by atoms with van der Waals surface area (Å²) in [5.41, 5.74) is -3.81. The van der Waals surface area contributed by atoms with E-state index in [0.717, 1.165) is 5.57 Å². The van der Waals surface area contributed by atoms with E-state index in [4.69, 9.17) is 28.4 Å². The topological polar surface area (TPSA) is 315 Å². The summed E-state index contributed by atoms with van der Waals surface area (Å²) >= 11 is 0. The first-order valence-electron chi connectivity index (χ1n) is 23.5. The highest BCUT2D eigenvalue weighted by atomic mass is 16.8. The predicted molar refractivity (Wildman–Crippen MR) is 222 cm³/mol. The number of hydrogen-bond acceptors (Lipinski definition) is 19. The highest BCUT2D eigenvalue weighted by molar-refractivity contribution is 5.80. The summed E-state index contributed by atoms with van der Waals surface area (Å²) < 4.78 is 36.7. The molecular formula is C46H74O19. The molecule has 372 valence electrons. The van der Waals surface area contributed by atoms with Crippen molar-refractivity contribution in [3.8, 4) is 0 Å². The monoisotopic (exact) mass is 930 g/mol. The van der Waals surface area contributed by atoms with Crippen LogP contribution in [-0.4, -0.2) is 192 Å². The molecule has 65 heavy (non-hydrogen) atoms. The van der Waals surface area contributed by atoms with Gasteiger partial charge in [0.15, 0.2) is 12.6 Å². The van der Waals surface area contributed by atoms with Crippen molar-refractivity contribution in [1.82, 2.24) is 0 Å². The van der Waals surface area contributed by atoms with Crippen LogP contribution in [0.4, 0.5) is 0 Å². The molecule has 0 bridgehead atoms. The Balaban J connectivity index is 1.25. The molecule has 0 spiro atoms. The number of esters is 1. The first kappa shape index (κ1) is 49.9. The number of aliphatic hydroxyl groups is 12. The van der Waals surface area contributed by atoms with Crippen molar-refractivity contribution in [3.63, 3.8) is 0 Å². The van der Waals surface area contributed by atoms with E-state index in [1.165, 1.54) is 0 Å². The maximum Gasteiger partial charge on any atom is 0.317 e. The van der Waals surface area contributed by atoms with Gasteiger partial charge in [-0.3, -0.25) is 4.79 Å². The molecule has 3 aliphatic heterocycles. The van der Waals surface area contributed by atoms with Crippen LogP contribution in [0.25, 0.3) is 0 Å². The van der Waals surface area contributed by atoms with E-state index in [1.807, 2.05) is 6.92 Å². The van der Waals surface area contributed by atoms with Crippen LogP contribution in [-0.2, 0) is 33.2 Å². The minimum absolute atomic E-state index is 0.101. The lowest BCUT2D eigenvalue weighted by Crippen LogP contribution is -2.70. The standard InChI is InChI=1S/C46H74O19/c1-41(2)11-12-46(40(59)65-38-34(57)31(54)25(17-48)61-38)21(13-41)20-7-8-27-42(3)14-22(50)36(58)43(4,19-49)26(42)9-10-44(27,5)45(20,6)15-28(46)63-39-35(32(55)30(53)24(16-47)62-39)64-37-33(56)29(52)23(51)18-60-37/h7,21-39,47-58H,8-19H2,1-6H3/t21-,22-,23+,24+,25+,26+,27+,28+,29+,30+,31+,32-,33-,34-,35+,36-,37-,38-,39-,42-,43-,44+,45+,46+/m0/s1. The smallest absolute Gasteiger partial charge is 0.317 e. The Labute approximate surface area is 379 Å². The molecule has 0 amide bonds. The van der Waals surface area contributed by atoms with Crippen molar-refractivity contribution in [2.45, 2.75) is 191 Å². The molecule has 8 rings (SSSR count). The number of carbonyl (C=O) groups is 1. The van der Waals surface area contributed by atoms with Gasteiger partial charge in [-0.05, 0) is 90.8 Å². The van der Waals surface area contributed by atoms with Gasteiger partial charge >= 0.3 is 5.97 Å². The molecule has 7 fully saturated rings. The van der Waals surface area contributed by atoms with E-state index < -0.39 is 157 Å². The second kappa shape index (κ2) is 17.4. The fraction of sp³-hybridized carbons (Fsp3) is 0.935. The molecule has 0 aromatic heterocycles. The van der Waals surface area contributed by atoms with Crippen molar-refractivity contribution in [2.24, 2.45) is 50.2 Å². The Morgan fingerprint density at radius 3 is 1.97 bits per heavy atom. The van der Waals surface area contributed by atoms with Crippen LogP contribution in [0.3, 0.4) is 0 Å². The number of aliphatic hydroxyl groups excluding tert-OH is 12. The van der Waals surface area contributed by atoms with Crippen LogP contribution < -0.4 is 0 Å². The lowest BCUT2D eigenvalue weighted by atomic mass is 9.33. The van der Waals surface area contributed by atoms with Crippen molar-refractivity contribution in [1.29, 1.82) is 0 Å². The Morgan fingerprint density at radius 2 is 1.32 bits per heavy atom. The molecule has 19 nitrogen and oxygen atoms in total. The number of carbonyl (C=O) groups excluding carboxylic acids is 1. The third-order valence-corrected chi connectivity index (χ3v) is 18.7. The molecule has 12 N–H and O–H groups in total. The minimum atomic E-state index is -1.84. The van der Waals surface area contributed by atoms with Crippen molar-refractivity contribution >= 4 is 5.97 Å². The third kappa shape index (κ3) is 7.52. The van der Waals surface area contributed by atoms with Crippen LogP contribution >= 0.6 is 0 Å². The zero-order chi connectivity index (χ0) is 47.6. The molecule has 8 aliphatic rings. The number of rotatable bonds is 9. The summed E-state index contributed by atoms with van der Waals surface area (Å²) in [6.07, 6.45) is -19.0. The average molecular weight is 931 g/mol. The lowest BCUT2D eigenvalue weighted by Gasteiger charge is -2.72. The molecular weight excluding hydrogens is 856 g/mol. The van der Waals surface area contributed by atoms with Crippen LogP contribution in [0.2, 0.25) is 0 Å². The van der Waals surface area contributed by atoms with E-state index in [2.05, 4.69) is 40.7 Å². The zero-order valence-electron chi connectivity index (χ0n) is 38.3. The molecule has 0 aromatic rings. The highest BCUT2D eigenvalue weighted by Gasteiger charge is 2.73. The first-order valence-corrected chi connectivity index (χ1v) is 23.5. The Bertz CT molecular complexity index is 1780.